The zero-order valence-corrected chi connectivity index (χ0v) is 10.2. The van der Waals surface area contributed by atoms with Crippen LogP contribution in [0.2, 0.25) is 5.02 Å². The van der Waals surface area contributed by atoms with Gasteiger partial charge in [-0.15, -0.1) is 0 Å². The Labute approximate surface area is 104 Å². The molecule has 1 aromatic carbocycles. The van der Waals surface area contributed by atoms with Crippen LogP contribution in [0.5, 0.6) is 0 Å². The second-order valence-electron chi connectivity index (χ2n) is 3.44. The van der Waals surface area contributed by atoms with Crippen LogP contribution in [-0.4, -0.2) is 14.8 Å². The van der Waals surface area contributed by atoms with Crippen molar-refractivity contribution in [3.05, 3.63) is 41.0 Å². The molecule has 82 valence electrons. The number of hydrogen-bond acceptors (Lipinski definition) is 2. The molecular weight excluding hydrogens is 242 g/mol. The van der Waals surface area contributed by atoms with Crippen molar-refractivity contribution in [1.82, 2.24) is 9.78 Å². The lowest BCUT2D eigenvalue weighted by Crippen LogP contribution is -2.09. The maximum absolute atomic E-state index is 5.83. The molecule has 0 unspecified atom stereocenters. The number of nitrogens with two attached hydrogens (primary N) is 1. The lowest BCUT2D eigenvalue weighted by molar-refractivity contribution is 0.771. The summed E-state index contributed by atoms with van der Waals surface area (Å²) in [5, 5.41) is 5.03. The van der Waals surface area contributed by atoms with Crippen LogP contribution in [0.15, 0.2) is 30.5 Å². The highest BCUT2D eigenvalue weighted by Crippen LogP contribution is 2.23. The van der Waals surface area contributed by atoms with Crippen molar-refractivity contribution in [2.75, 3.05) is 0 Å². The minimum Gasteiger partial charge on any atom is -0.389 e. The van der Waals surface area contributed by atoms with E-state index in [0.29, 0.717) is 10.0 Å². The molecule has 0 saturated heterocycles. The number of thiocarbonyl (C=S) groups is 1. The van der Waals surface area contributed by atoms with E-state index in [4.69, 9.17) is 29.6 Å². The second-order valence-corrected chi connectivity index (χ2v) is 4.31. The van der Waals surface area contributed by atoms with E-state index in [1.54, 1.807) is 4.68 Å². The highest BCUT2D eigenvalue weighted by Gasteiger charge is 2.11. The van der Waals surface area contributed by atoms with Gasteiger partial charge in [-0.1, -0.05) is 36.0 Å². The van der Waals surface area contributed by atoms with Crippen molar-refractivity contribution in [3.63, 3.8) is 0 Å². The number of aromatic nitrogens is 2. The van der Waals surface area contributed by atoms with Gasteiger partial charge in [0.15, 0.2) is 0 Å². The molecule has 0 bridgehead atoms. The SMILES string of the molecule is Cn1cc(C(N)=S)c(-c2ccc(Cl)cc2)n1. The molecule has 0 amide bonds. The predicted molar refractivity (Wildman–Crippen MR) is 69.5 cm³/mol. The van der Waals surface area contributed by atoms with Gasteiger partial charge in [0.05, 0.1) is 5.56 Å². The van der Waals surface area contributed by atoms with Crippen LogP contribution in [0.1, 0.15) is 5.56 Å². The molecule has 2 aromatic rings. The van der Waals surface area contributed by atoms with Gasteiger partial charge in [0.2, 0.25) is 0 Å². The quantitative estimate of drug-likeness (QED) is 0.834. The topological polar surface area (TPSA) is 43.8 Å². The lowest BCUT2D eigenvalue weighted by atomic mass is 10.1. The van der Waals surface area contributed by atoms with E-state index in [1.807, 2.05) is 37.5 Å². The van der Waals surface area contributed by atoms with Gasteiger partial charge in [-0.2, -0.15) is 5.10 Å². The average molecular weight is 252 g/mol. The van der Waals surface area contributed by atoms with Crippen LogP contribution >= 0.6 is 23.8 Å². The molecule has 16 heavy (non-hydrogen) atoms. The second kappa shape index (κ2) is 4.23. The fourth-order valence-corrected chi connectivity index (χ4v) is 1.77. The predicted octanol–water partition coefficient (Wildman–Crippen LogP) is 2.37. The van der Waals surface area contributed by atoms with Crippen molar-refractivity contribution in [1.29, 1.82) is 0 Å². The smallest absolute Gasteiger partial charge is 0.107 e. The third kappa shape index (κ3) is 2.08. The normalized spacial score (nSPS) is 10.4. The maximum Gasteiger partial charge on any atom is 0.107 e. The summed E-state index contributed by atoms with van der Waals surface area (Å²) in [5.41, 5.74) is 8.16. The minimum absolute atomic E-state index is 0.345. The third-order valence-electron chi connectivity index (χ3n) is 2.21. The Balaban J connectivity index is 2.55. The number of halogens is 1. The molecule has 0 saturated carbocycles. The summed E-state index contributed by atoms with van der Waals surface area (Å²) in [6.45, 7) is 0. The number of hydrogen-bond donors (Lipinski definition) is 1. The highest BCUT2D eigenvalue weighted by atomic mass is 35.5. The Hall–Kier alpha value is -1.39. The molecule has 0 aliphatic rings. The summed E-state index contributed by atoms with van der Waals surface area (Å²) < 4.78 is 1.69. The van der Waals surface area contributed by atoms with Gasteiger partial charge < -0.3 is 5.73 Å². The first-order valence-corrected chi connectivity index (χ1v) is 5.46. The van der Waals surface area contributed by atoms with E-state index in [-0.39, 0.29) is 0 Å². The van der Waals surface area contributed by atoms with Crippen LogP contribution < -0.4 is 5.73 Å². The van der Waals surface area contributed by atoms with Crippen molar-refractivity contribution < 1.29 is 0 Å². The summed E-state index contributed by atoms with van der Waals surface area (Å²) in [6.07, 6.45) is 1.81. The number of nitrogens with zero attached hydrogens (tertiary/aromatic N) is 2. The molecule has 3 nitrogen and oxygen atoms in total. The first-order valence-electron chi connectivity index (χ1n) is 4.67. The Morgan fingerprint density at radius 1 is 1.38 bits per heavy atom. The van der Waals surface area contributed by atoms with Gasteiger partial charge in [-0.25, -0.2) is 0 Å². The van der Waals surface area contributed by atoms with Gasteiger partial charge >= 0.3 is 0 Å². The van der Waals surface area contributed by atoms with Crippen molar-refractivity contribution in [3.8, 4) is 11.3 Å². The van der Waals surface area contributed by atoms with Crippen LogP contribution in [0, 0.1) is 0 Å². The highest BCUT2D eigenvalue weighted by molar-refractivity contribution is 7.80. The van der Waals surface area contributed by atoms with Crippen LogP contribution in [-0.2, 0) is 7.05 Å². The summed E-state index contributed by atoms with van der Waals surface area (Å²) in [7, 11) is 1.83. The lowest BCUT2D eigenvalue weighted by Gasteiger charge is -2.00. The van der Waals surface area contributed by atoms with Crippen molar-refractivity contribution >= 4 is 28.8 Å². The number of aryl methyl sites for hydroxylation is 1. The van der Waals surface area contributed by atoms with Crippen molar-refractivity contribution in [2.24, 2.45) is 12.8 Å². The zero-order chi connectivity index (χ0) is 11.7. The van der Waals surface area contributed by atoms with Crippen LogP contribution in [0.25, 0.3) is 11.3 Å². The largest absolute Gasteiger partial charge is 0.389 e. The molecular formula is C11H10ClN3S. The van der Waals surface area contributed by atoms with E-state index in [9.17, 15) is 0 Å². The zero-order valence-electron chi connectivity index (χ0n) is 8.64. The van der Waals surface area contributed by atoms with E-state index < -0.39 is 0 Å². The van der Waals surface area contributed by atoms with Gasteiger partial charge in [0, 0.05) is 23.8 Å². The fraction of sp³-hybridized carbons (Fsp3) is 0.0909. The maximum atomic E-state index is 5.83. The van der Waals surface area contributed by atoms with E-state index in [1.165, 1.54) is 0 Å². The molecule has 1 heterocycles. The summed E-state index contributed by atoms with van der Waals surface area (Å²) in [4.78, 5) is 0.345. The average Bonchev–Trinajstić information content (AvgIpc) is 2.61. The summed E-state index contributed by atoms with van der Waals surface area (Å²) in [6, 6.07) is 7.42. The molecule has 0 aliphatic carbocycles. The van der Waals surface area contributed by atoms with E-state index in [2.05, 4.69) is 5.10 Å². The van der Waals surface area contributed by atoms with Crippen molar-refractivity contribution in [2.45, 2.75) is 0 Å². The first kappa shape index (κ1) is 11.1. The molecule has 0 radical (unpaired) electrons. The van der Waals surface area contributed by atoms with Crippen LogP contribution in [0.3, 0.4) is 0 Å². The molecule has 5 heteroatoms. The summed E-state index contributed by atoms with van der Waals surface area (Å²) >= 11 is 10.8. The third-order valence-corrected chi connectivity index (χ3v) is 2.68. The van der Waals surface area contributed by atoms with Crippen LogP contribution in [0.4, 0.5) is 0 Å². The summed E-state index contributed by atoms with van der Waals surface area (Å²) in [5.74, 6) is 0. The molecule has 0 atom stereocenters. The Morgan fingerprint density at radius 2 is 2.00 bits per heavy atom. The number of benzene rings is 1. The monoisotopic (exact) mass is 251 g/mol. The first-order chi connectivity index (χ1) is 7.58. The molecule has 0 fully saturated rings. The molecule has 0 aliphatic heterocycles. The Bertz CT molecular complexity index is 531. The molecule has 2 N–H and O–H groups in total. The van der Waals surface area contributed by atoms with Gasteiger partial charge in [-0.05, 0) is 12.1 Å². The fourth-order valence-electron chi connectivity index (χ4n) is 1.49. The molecule has 0 spiro atoms. The van der Waals surface area contributed by atoms with Gasteiger partial charge in [0.25, 0.3) is 0 Å². The van der Waals surface area contributed by atoms with E-state index in [0.717, 1.165) is 16.8 Å². The molecule has 1 aromatic heterocycles. The Kier molecular flexibility index (Phi) is 2.94. The Morgan fingerprint density at radius 3 is 2.56 bits per heavy atom. The standard InChI is InChI=1S/C11H10ClN3S/c1-15-6-9(11(13)16)10(14-15)7-2-4-8(12)5-3-7/h2-6H,1H3,(H2,13,16). The molecule has 2 rings (SSSR count). The van der Waals surface area contributed by atoms with Gasteiger partial charge in [-0.3, -0.25) is 4.68 Å². The number of rotatable bonds is 2. The van der Waals surface area contributed by atoms with E-state index >= 15 is 0 Å². The minimum atomic E-state index is 0.345. The van der Waals surface area contributed by atoms with Gasteiger partial charge in [0.1, 0.15) is 10.7 Å².